The summed E-state index contributed by atoms with van der Waals surface area (Å²) in [5.41, 5.74) is 1.50. The van der Waals surface area contributed by atoms with Crippen LogP contribution in [-0.4, -0.2) is 32.6 Å². The number of benzene rings is 1. The van der Waals surface area contributed by atoms with Gasteiger partial charge in [-0.05, 0) is 45.0 Å². The summed E-state index contributed by atoms with van der Waals surface area (Å²) in [7, 11) is 1.77. The van der Waals surface area contributed by atoms with Crippen molar-refractivity contribution >= 4 is 5.91 Å². The molecule has 0 unspecified atom stereocenters. The number of hydrogen-bond donors (Lipinski definition) is 0. The van der Waals surface area contributed by atoms with E-state index >= 15 is 0 Å². The Kier molecular flexibility index (Phi) is 4.70. The van der Waals surface area contributed by atoms with Crippen LogP contribution in [0.25, 0.3) is 11.3 Å². The summed E-state index contributed by atoms with van der Waals surface area (Å²) < 4.78 is 7.61. The van der Waals surface area contributed by atoms with Gasteiger partial charge in [-0.2, -0.15) is 0 Å². The van der Waals surface area contributed by atoms with Gasteiger partial charge in [-0.1, -0.05) is 12.1 Å². The lowest BCUT2D eigenvalue weighted by Gasteiger charge is -2.18. The Morgan fingerprint density at radius 1 is 1.28 bits per heavy atom. The number of carbonyl (C=O) groups excluding carboxylic acids is 1. The van der Waals surface area contributed by atoms with Crippen LogP contribution in [0.4, 0.5) is 0 Å². The molecule has 0 bridgehead atoms. The normalized spacial score (nSPS) is 11.1. The molecular weight excluding hydrogens is 316 g/mol. The van der Waals surface area contributed by atoms with E-state index in [9.17, 15) is 4.79 Å². The van der Waals surface area contributed by atoms with Crippen LogP contribution in [0.5, 0.6) is 0 Å². The number of aryl methyl sites for hydroxylation is 1. The lowest BCUT2D eigenvalue weighted by atomic mass is 10.1. The first-order chi connectivity index (χ1) is 12.0. The highest BCUT2D eigenvalue weighted by atomic mass is 16.3. The molecule has 0 atom stereocenters. The van der Waals surface area contributed by atoms with Gasteiger partial charge in [0.2, 0.25) is 0 Å². The smallest absolute Gasteiger partial charge is 0.254 e. The zero-order valence-electron chi connectivity index (χ0n) is 14.9. The van der Waals surface area contributed by atoms with Crippen LogP contribution in [0.1, 0.15) is 41.8 Å². The second-order valence-corrected chi connectivity index (χ2v) is 6.40. The summed E-state index contributed by atoms with van der Waals surface area (Å²) >= 11 is 0. The molecule has 0 N–H and O–H groups in total. The van der Waals surface area contributed by atoms with Crippen LogP contribution < -0.4 is 0 Å². The van der Waals surface area contributed by atoms with Crippen molar-refractivity contribution in [1.29, 1.82) is 0 Å². The topological polar surface area (TPSA) is 64.2 Å². The number of nitrogens with zero attached hydrogens (tertiary/aromatic N) is 4. The SMILES string of the molecule is Cc1ccc(-c2cccc(C(=O)N(C)Cc3nncn3C(C)C)c2)o1. The van der Waals surface area contributed by atoms with E-state index in [1.54, 1.807) is 18.3 Å². The monoisotopic (exact) mass is 338 g/mol. The van der Waals surface area contributed by atoms with Gasteiger partial charge in [-0.3, -0.25) is 4.79 Å². The molecule has 0 aliphatic rings. The first-order valence-corrected chi connectivity index (χ1v) is 8.26. The lowest BCUT2D eigenvalue weighted by molar-refractivity contribution is 0.0779. The number of furan rings is 1. The highest BCUT2D eigenvalue weighted by molar-refractivity contribution is 5.95. The van der Waals surface area contributed by atoms with Crippen LogP contribution in [0.15, 0.2) is 47.1 Å². The average molecular weight is 338 g/mol. The molecule has 2 aromatic heterocycles. The Morgan fingerprint density at radius 3 is 2.76 bits per heavy atom. The lowest BCUT2D eigenvalue weighted by Crippen LogP contribution is -2.28. The van der Waals surface area contributed by atoms with Gasteiger partial charge in [0.25, 0.3) is 5.91 Å². The van der Waals surface area contributed by atoms with E-state index in [0.717, 1.165) is 22.9 Å². The molecule has 1 aromatic carbocycles. The fourth-order valence-electron chi connectivity index (χ4n) is 2.71. The van der Waals surface area contributed by atoms with Gasteiger partial charge in [0, 0.05) is 24.2 Å². The molecule has 1 amide bonds. The predicted octanol–water partition coefficient (Wildman–Crippen LogP) is 3.70. The maximum Gasteiger partial charge on any atom is 0.254 e. The standard InChI is InChI=1S/C19H22N4O2/c1-13(2)23-12-20-21-18(23)11-22(4)19(24)16-7-5-6-15(10-16)17-9-8-14(3)25-17/h5-10,12-13H,11H2,1-4H3. The van der Waals surface area contributed by atoms with Gasteiger partial charge < -0.3 is 13.9 Å². The fraction of sp³-hybridized carbons (Fsp3) is 0.316. The van der Waals surface area contributed by atoms with Gasteiger partial charge in [-0.25, -0.2) is 0 Å². The number of rotatable bonds is 5. The van der Waals surface area contributed by atoms with Crippen molar-refractivity contribution in [2.75, 3.05) is 7.05 Å². The average Bonchev–Trinajstić information content (AvgIpc) is 3.23. The molecule has 0 radical (unpaired) electrons. The third-order valence-electron chi connectivity index (χ3n) is 4.06. The zero-order valence-corrected chi connectivity index (χ0v) is 14.9. The first-order valence-electron chi connectivity index (χ1n) is 8.26. The summed E-state index contributed by atoms with van der Waals surface area (Å²) in [4.78, 5) is 14.4. The minimum absolute atomic E-state index is 0.0663. The molecule has 0 spiro atoms. The molecule has 6 heteroatoms. The van der Waals surface area contributed by atoms with Gasteiger partial charge in [0.05, 0.1) is 6.54 Å². The largest absolute Gasteiger partial charge is 0.461 e. The second-order valence-electron chi connectivity index (χ2n) is 6.40. The molecule has 3 rings (SSSR count). The van der Waals surface area contributed by atoms with Crippen LogP contribution in [0, 0.1) is 6.92 Å². The van der Waals surface area contributed by atoms with Crippen molar-refractivity contribution in [3.63, 3.8) is 0 Å². The van der Waals surface area contributed by atoms with Crippen LogP contribution in [-0.2, 0) is 6.54 Å². The molecule has 2 heterocycles. The Labute approximate surface area is 147 Å². The Balaban J connectivity index is 1.79. The quantitative estimate of drug-likeness (QED) is 0.711. The van der Waals surface area contributed by atoms with E-state index in [1.807, 2.05) is 47.9 Å². The molecule has 0 saturated carbocycles. The maximum absolute atomic E-state index is 12.8. The molecule has 0 saturated heterocycles. The highest BCUT2D eigenvalue weighted by Crippen LogP contribution is 2.23. The summed E-state index contributed by atoms with van der Waals surface area (Å²) in [6, 6.07) is 11.5. The highest BCUT2D eigenvalue weighted by Gasteiger charge is 2.17. The van der Waals surface area contributed by atoms with Crippen molar-refractivity contribution in [3.05, 3.63) is 59.9 Å². The molecule has 3 aromatic rings. The van der Waals surface area contributed by atoms with Gasteiger partial charge in [0.1, 0.15) is 17.8 Å². The van der Waals surface area contributed by atoms with Crippen LogP contribution in [0.2, 0.25) is 0 Å². The molecule has 25 heavy (non-hydrogen) atoms. The van der Waals surface area contributed by atoms with Crippen molar-refractivity contribution in [3.8, 4) is 11.3 Å². The Hall–Kier alpha value is -2.89. The Bertz CT molecular complexity index is 879. The maximum atomic E-state index is 12.8. The fourth-order valence-corrected chi connectivity index (χ4v) is 2.71. The molecule has 130 valence electrons. The minimum Gasteiger partial charge on any atom is -0.461 e. The van der Waals surface area contributed by atoms with Crippen LogP contribution in [0.3, 0.4) is 0 Å². The van der Waals surface area contributed by atoms with Crippen molar-refractivity contribution < 1.29 is 9.21 Å². The second kappa shape index (κ2) is 6.93. The number of aromatic nitrogens is 3. The van der Waals surface area contributed by atoms with Crippen LogP contribution >= 0.6 is 0 Å². The number of carbonyl (C=O) groups is 1. The molecular formula is C19H22N4O2. The molecule has 0 aliphatic carbocycles. The van der Waals surface area contributed by atoms with E-state index in [1.165, 1.54) is 0 Å². The predicted molar refractivity (Wildman–Crippen MR) is 95.1 cm³/mol. The summed E-state index contributed by atoms with van der Waals surface area (Å²) in [5, 5.41) is 8.07. The van der Waals surface area contributed by atoms with Gasteiger partial charge >= 0.3 is 0 Å². The zero-order chi connectivity index (χ0) is 18.0. The molecule has 0 fully saturated rings. The third kappa shape index (κ3) is 3.63. The molecule has 0 aliphatic heterocycles. The summed E-state index contributed by atoms with van der Waals surface area (Å²) in [6.07, 6.45) is 1.69. The third-order valence-corrected chi connectivity index (χ3v) is 4.06. The van der Waals surface area contributed by atoms with E-state index in [-0.39, 0.29) is 11.9 Å². The first kappa shape index (κ1) is 17.0. The van der Waals surface area contributed by atoms with Crippen molar-refractivity contribution in [2.45, 2.75) is 33.4 Å². The molecule has 6 nitrogen and oxygen atoms in total. The van der Waals surface area contributed by atoms with E-state index < -0.39 is 0 Å². The summed E-state index contributed by atoms with van der Waals surface area (Å²) in [6.45, 7) is 6.42. The van der Waals surface area contributed by atoms with E-state index in [0.29, 0.717) is 12.1 Å². The van der Waals surface area contributed by atoms with Crippen molar-refractivity contribution in [2.24, 2.45) is 0 Å². The number of hydrogen-bond acceptors (Lipinski definition) is 4. The van der Waals surface area contributed by atoms with E-state index in [2.05, 4.69) is 24.0 Å². The van der Waals surface area contributed by atoms with Crippen molar-refractivity contribution in [1.82, 2.24) is 19.7 Å². The van der Waals surface area contributed by atoms with Gasteiger partial charge in [-0.15, -0.1) is 10.2 Å². The minimum atomic E-state index is -0.0663. The Morgan fingerprint density at radius 2 is 2.08 bits per heavy atom. The number of amides is 1. The summed E-state index contributed by atoms with van der Waals surface area (Å²) in [5.74, 6) is 2.30. The van der Waals surface area contributed by atoms with Gasteiger partial charge in [0.15, 0.2) is 5.82 Å². The van der Waals surface area contributed by atoms with E-state index in [4.69, 9.17) is 4.42 Å².